The lowest BCUT2D eigenvalue weighted by molar-refractivity contribution is -0.870. The molecule has 0 fully saturated rings. The van der Waals surface area contributed by atoms with Crippen LogP contribution in [0.2, 0.25) is 0 Å². The van der Waals surface area contributed by atoms with Crippen LogP contribution in [0.4, 0.5) is 0 Å². The number of nitrogens with zero attached hydrogens (tertiary/aromatic N) is 1. The first kappa shape index (κ1) is 81.7. The van der Waals surface area contributed by atoms with E-state index < -0.39 is 24.3 Å². The van der Waals surface area contributed by atoms with Crippen molar-refractivity contribution in [3.63, 3.8) is 0 Å². The second-order valence-electron chi connectivity index (χ2n) is 25.5. The van der Waals surface area contributed by atoms with Crippen LogP contribution in [0.15, 0.2) is 72.9 Å². The van der Waals surface area contributed by atoms with Gasteiger partial charge in [-0.15, -0.1) is 0 Å². The number of hydrogen-bond acceptors (Lipinski definition) is 8. The van der Waals surface area contributed by atoms with E-state index in [0.29, 0.717) is 23.9 Å². The summed E-state index contributed by atoms with van der Waals surface area (Å²) in [5.41, 5.74) is 0. The van der Waals surface area contributed by atoms with Gasteiger partial charge in [-0.05, 0) is 83.5 Å². The van der Waals surface area contributed by atoms with Crippen LogP contribution in [0, 0.1) is 0 Å². The maximum atomic E-state index is 12.9. The van der Waals surface area contributed by atoms with E-state index in [1.165, 1.54) is 238 Å². The smallest absolute Gasteiger partial charge is 0.306 e. The number of hydrogen-bond donors (Lipinski definition) is 0. The first-order chi connectivity index (χ1) is 41.6. The monoisotopic (exact) mass is 1190 g/mol. The Morgan fingerprint density at radius 1 is 0.365 bits per heavy atom. The molecule has 0 rings (SSSR count). The lowest BCUT2D eigenvalue weighted by atomic mass is 10.0. The van der Waals surface area contributed by atoms with Crippen LogP contribution in [0.5, 0.6) is 0 Å². The van der Waals surface area contributed by atoms with Gasteiger partial charge in [-0.2, -0.15) is 0 Å². The first-order valence-electron chi connectivity index (χ1n) is 36.1. The minimum Gasteiger partial charge on any atom is -0.545 e. The quantitative estimate of drug-likeness (QED) is 0.0195. The van der Waals surface area contributed by atoms with Crippen LogP contribution in [0.3, 0.4) is 0 Å². The second-order valence-corrected chi connectivity index (χ2v) is 25.5. The Labute approximate surface area is 526 Å². The van der Waals surface area contributed by atoms with Gasteiger partial charge in [0.15, 0.2) is 12.4 Å². The van der Waals surface area contributed by atoms with Crippen molar-refractivity contribution in [2.45, 2.75) is 347 Å². The van der Waals surface area contributed by atoms with Crippen LogP contribution < -0.4 is 5.11 Å². The molecule has 0 saturated heterocycles. The van der Waals surface area contributed by atoms with E-state index in [2.05, 4.69) is 86.8 Å². The van der Waals surface area contributed by atoms with E-state index in [0.717, 1.165) is 64.2 Å². The van der Waals surface area contributed by atoms with E-state index in [1.807, 2.05) is 21.1 Å². The number of esters is 2. The van der Waals surface area contributed by atoms with Crippen molar-refractivity contribution in [1.82, 2.24) is 0 Å². The number of likely N-dealkylation sites (N-methyl/N-ethyl adjacent to an activating group) is 1. The van der Waals surface area contributed by atoms with Crippen LogP contribution in [-0.4, -0.2) is 82.3 Å². The molecule has 0 bridgehead atoms. The van der Waals surface area contributed by atoms with Crippen molar-refractivity contribution in [2.24, 2.45) is 0 Å². The topological polar surface area (TPSA) is 111 Å². The predicted octanol–water partition coefficient (Wildman–Crippen LogP) is 21.1. The summed E-state index contributed by atoms with van der Waals surface area (Å²) in [5, 5.41) is 11.8. The minimum absolute atomic E-state index is 0.148. The van der Waals surface area contributed by atoms with Gasteiger partial charge in [0, 0.05) is 12.8 Å². The lowest BCUT2D eigenvalue weighted by Gasteiger charge is -2.26. The number of carbonyl (C=O) groups excluding carboxylic acids is 3. The van der Waals surface area contributed by atoms with Gasteiger partial charge in [-0.3, -0.25) is 9.59 Å². The van der Waals surface area contributed by atoms with E-state index in [1.54, 1.807) is 0 Å². The Hall–Kier alpha value is -3.27. The van der Waals surface area contributed by atoms with Gasteiger partial charge in [0.1, 0.15) is 13.2 Å². The molecule has 0 aliphatic rings. The van der Waals surface area contributed by atoms with Gasteiger partial charge in [0.2, 0.25) is 0 Å². The van der Waals surface area contributed by atoms with Gasteiger partial charge >= 0.3 is 11.9 Å². The van der Waals surface area contributed by atoms with Crippen LogP contribution in [-0.2, 0) is 33.3 Å². The van der Waals surface area contributed by atoms with E-state index in [4.69, 9.17) is 18.9 Å². The normalized spacial score (nSPS) is 13.1. The molecule has 0 amide bonds. The highest BCUT2D eigenvalue weighted by Gasteiger charge is 2.22. The summed E-state index contributed by atoms with van der Waals surface area (Å²) in [6.45, 7) is 4.67. The molecular weight excluding hydrogens is 1050 g/mol. The molecule has 85 heavy (non-hydrogen) atoms. The molecule has 9 heteroatoms. The maximum absolute atomic E-state index is 12.9. The van der Waals surface area contributed by atoms with Crippen molar-refractivity contribution >= 4 is 17.9 Å². The first-order valence-corrected chi connectivity index (χ1v) is 36.1. The number of carbonyl (C=O) groups is 3. The highest BCUT2D eigenvalue weighted by molar-refractivity contribution is 5.70. The summed E-state index contributed by atoms with van der Waals surface area (Å²) in [6, 6.07) is 0. The number of rotatable bonds is 67. The number of allylic oxidation sites excluding steroid dienone is 12. The molecule has 0 N–H and O–H groups in total. The molecule has 0 heterocycles. The maximum Gasteiger partial charge on any atom is 0.306 e. The zero-order chi connectivity index (χ0) is 61.9. The Morgan fingerprint density at radius 3 is 1.00 bits per heavy atom. The largest absolute Gasteiger partial charge is 0.545 e. The van der Waals surface area contributed by atoms with Crippen molar-refractivity contribution in [2.75, 3.05) is 47.5 Å². The molecule has 0 aromatic carbocycles. The molecule has 0 spiro atoms. The second kappa shape index (κ2) is 66.7. The number of aliphatic carboxylic acids is 1. The average Bonchev–Trinajstić information content (AvgIpc) is 3.48. The molecule has 0 radical (unpaired) electrons. The molecule has 0 aromatic rings. The van der Waals surface area contributed by atoms with Crippen LogP contribution in [0.25, 0.3) is 0 Å². The molecule has 2 atom stereocenters. The zero-order valence-electron chi connectivity index (χ0n) is 56.5. The summed E-state index contributed by atoms with van der Waals surface area (Å²) in [7, 11) is 5.94. The number of ether oxygens (including phenoxy) is 4. The number of carboxylic acid groups (broad SMARTS) is 1. The third kappa shape index (κ3) is 68.1. The minimum atomic E-state index is -1.62. The zero-order valence-corrected chi connectivity index (χ0v) is 56.5. The average molecular weight is 1190 g/mol. The van der Waals surface area contributed by atoms with Crippen LogP contribution >= 0.6 is 0 Å². The summed E-state index contributed by atoms with van der Waals surface area (Å²) in [6.07, 6.45) is 85.7. The molecule has 0 aliphatic carbocycles. The molecule has 9 nitrogen and oxygen atoms in total. The summed E-state index contributed by atoms with van der Waals surface area (Å²) < 4.78 is 22.8. The third-order valence-electron chi connectivity index (χ3n) is 15.9. The highest BCUT2D eigenvalue weighted by atomic mass is 16.7. The molecule has 0 aromatic heterocycles. The molecule has 494 valence electrons. The van der Waals surface area contributed by atoms with Gasteiger partial charge in [0.25, 0.3) is 0 Å². The fourth-order valence-corrected chi connectivity index (χ4v) is 10.4. The Balaban J connectivity index is 4.02. The van der Waals surface area contributed by atoms with E-state index in [9.17, 15) is 19.5 Å². The predicted molar refractivity (Wildman–Crippen MR) is 361 cm³/mol. The third-order valence-corrected chi connectivity index (χ3v) is 15.9. The lowest BCUT2D eigenvalue weighted by Crippen LogP contribution is -2.44. The number of carboxylic acids is 1. The molecule has 0 saturated carbocycles. The number of unbranched alkanes of at least 4 members (excludes halogenated alkanes) is 40. The summed E-state index contributed by atoms with van der Waals surface area (Å²) >= 11 is 0. The van der Waals surface area contributed by atoms with Gasteiger partial charge in [-0.1, -0.05) is 311 Å². The standard InChI is InChI=1S/C76H137NO8/c1-6-8-10-12-14-16-18-20-22-24-26-28-30-31-32-33-34-35-36-37-38-39-40-41-42-43-45-47-49-51-53-55-57-59-61-63-65-67-74(79)85-72(71-84-76(75(80)81)82-69-68-77(3,4)5)70-83-73(78)66-64-62-60-58-56-54-52-50-48-46-44-29-27-25-23-21-19-17-15-13-11-9-7-2/h8,10,14,16,19-22,25-28,72,76H,6-7,9,11-13,15,17-18,23-24,29-71H2,1-5H3/b10-8-,16-14-,21-19-,22-20-,27-25-,28-26-. The Bertz CT molecular complexity index is 1620. The SMILES string of the molecule is CC/C=C\C/C=C\C/C=C\C/C=C\CCCCCCCCCCCCCCCCCCCCCCCCCCC(=O)OC(COC(=O)CCCCCCCCCCCCC/C=C\C/C=C\CCCCCCC)COC(OCC[N+](C)(C)C)C(=O)[O-]. The van der Waals surface area contributed by atoms with Gasteiger partial charge in [-0.25, -0.2) is 0 Å². The van der Waals surface area contributed by atoms with Crippen molar-refractivity contribution in [3.05, 3.63) is 72.9 Å². The van der Waals surface area contributed by atoms with Crippen molar-refractivity contribution in [1.29, 1.82) is 0 Å². The van der Waals surface area contributed by atoms with Gasteiger partial charge < -0.3 is 33.3 Å². The Kier molecular flexibility index (Phi) is 64.1. The molecule has 0 aliphatic heterocycles. The van der Waals surface area contributed by atoms with Crippen molar-refractivity contribution < 1.29 is 42.9 Å². The highest BCUT2D eigenvalue weighted by Crippen LogP contribution is 2.18. The number of quaternary nitrogens is 1. The van der Waals surface area contributed by atoms with E-state index >= 15 is 0 Å². The van der Waals surface area contributed by atoms with Crippen LogP contribution in [0.1, 0.15) is 335 Å². The van der Waals surface area contributed by atoms with E-state index in [-0.39, 0.29) is 32.2 Å². The van der Waals surface area contributed by atoms with Gasteiger partial charge in [0.05, 0.1) is 40.3 Å². The molecular formula is C76H137NO8. The van der Waals surface area contributed by atoms with Crippen molar-refractivity contribution in [3.8, 4) is 0 Å². The Morgan fingerprint density at radius 2 is 0.671 bits per heavy atom. The fraction of sp³-hybridized carbons (Fsp3) is 0.803. The fourth-order valence-electron chi connectivity index (χ4n) is 10.4. The summed E-state index contributed by atoms with van der Waals surface area (Å²) in [4.78, 5) is 37.5. The summed E-state index contributed by atoms with van der Waals surface area (Å²) in [5.74, 6) is -2.27. The molecule has 2 unspecified atom stereocenters.